The smallest absolute Gasteiger partial charge is 0.227 e. The Hall–Kier alpha value is -1.44. The number of nitrogens with zero attached hydrogens (tertiary/aromatic N) is 2. The van der Waals surface area contributed by atoms with Gasteiger partial charge in [-0.1, -0.05) is 30.3 Å². The maximum Gasteiger partial charge on any atom is 0.227 e. The third kappa shape index (κ3) is 4.15. The second-order valence-corrected chi connectivity index (χ2v) is 8.48. The molecule has 0 bridgehead atoms. The van der Waals surface area contributed by atoms with E-state index in [1.54, 1.807) is 0 Å². The maximum atomic E-state index is 12.7. The molecule has 6 nitrogen and oxygen atoms in total. The topological polar surface area (TPSA) is 69.7 Å². The molecule has 1 amide bonds. The van der Waals surface area contributed by atoms with E-state index in [1.165, 1.54) is 4.31 Å². The van der Waals surface area contributed by atoms with E-state index in [9.17, 15) is 13.2 Å². The van der Waals surface area contributed by atoms with Crippen LogP contribution in [0.5, 0.6) is 0 Å². The lowest BCUT2D eigenvalue weighted by atomic mass is 9.98. The fraction of sp³-hybridized carbons (Fsp3) is 0.588. The Kier molecular flexibility index (Phi) is 5.53. The zero-order valence-electron chi connectivity index (χ0n) is 13.9. The lowest BCUT2D eigenvalue weighted by Gasteiger charge is -2.35. The number of sulfonamides is 1. The number of benzene rings is 1. The summed E-state index contributed by atoms with van der Waals surface area (Å²) in [6.07, 6.45) is 1.52. The van der Waals surface area contributed by atoms with Gasteiger partial charge in [0.25, 0.3) is 0 Å². The van der Waals surface area contributed by atoms with Gasteiger partial charge in [-0.2, -0.15) is 0 Å². The summed E-state index contributed by atoms with van der Waals surface area (Å²) < 4.78 is 26.9. The van der Waals surface area contributed by atoms with Crippen LogP contribution in [0.4, 0.5) is 0 Å². The van der Waals surface area contributed by atoms with Gasteiger partial charge < -0.3 is 10.2 Å². The van der Waals surface area contributed by atoms with Crippen LogP contribution in [0.25, 0.3) is 0 Å². The SMILES string of the molecule is O=C(C1CCCN(S(=O)(=O)Cc2ccccc2)C1)N1CCNCC1. The predicted octanol–water partition coefficient (Wildman–Crippen LogP) is 0.660. The monoisotopic (exact) mass is 351 g/mol. The highest BCUT2D eigenvalue weighted by Gasteiger charge is 2.34. The molecule has 2 heterocycles. The van der Waals surface area contributed by atoms with Gasteiger partial charge in [0.15, 0.2) is 0 Å². The number of nitrogens with one attached hydrogen (secondary N) is 1. The Morgan fingerprint density at radius 2 is 1.83 bits per heavy atom. The summed E-state index contributed by atoms with van der Waals surface area (Å²) in [5, 5.41) is 3.23. The quantitative estimate of drug-likeness (QED) is 0.865. The second-order valence-electron chi connectivity index (χ2n) is 6.51. The highest BCUT2D eigenvalue weighted by Crippen LogP contribution is 2.23. The van der Waals surface area contributed by atoms with Crippen LogP contribution < -0.4 is 5.32 Å². The first kappa shape index (κ1) is 17.4. The summed E-state index contributed by atoms with van der Waals surface area (Å²) in [7, 11) is -3.38. The van der Waals surface area contributed by atoms with Crippen LogP contribution in [0.1, 0.15) is 18.4 Å². The Balaban J connectivity index is 1.65. The van der Waals surface area contributed by atoms with E-state index < -0.39 is 10.0 Å². The van der Waals surface area contributed by atoms with Crippen molar-refractivity contribution in [2.75, 3.05) is 39.3 Å². The van der Waals surface area contributed by atoms with Crippen molar-refractivity contribution in [3.05, 3.63) is 35.9 Å². The van der Waals surface area contributed by atoms with Gasteiger partial charge in [-0.05, 0) is 18.4 Å². The van der Waals surface area contributed by atoms with Crippen molar-refractivity contribution in [3.8, 4) is 0 Å². The average Bonchev–Trinajstić information content (AvgIpc) is 2.62. The van der Waals surface area contributed by atoms with Crippen LogP contribution in [-0.4, -0.2) is 62.8 Å². The van der Waals surface area contributed by atoms with Gasteiger partial charge in [0, 0.05) is 39.3 Å². The molecule has 1 N–H and O–H groups in total. The van der Waals surface area contributed by atoms with Gasteiger partial charge >= 0.3 is 0 Å². The molecule has 0 aromatic heterocycles. The molecule has 2 aliphatic heterocycles. The molecule has 2 aliphatic rings. The Morgan fingerprint density at radius 1 is 1.12 bits per heavy atom. The number of hydrogen-bond acceptors (Lipinski definition) is 4. The van der Waals surface area contributed by atoms with E-state index in [4.69, 9.17) is 0 Å². The Morgan fingerprint density at radius 3 is 2.54 bits per heavy atom. The van der Waals surface area contributed by atoms with Crippen LogP contribution >= 0.6 is 0 Å². The van der Waals surface area contributed by atoms with E-state index in [0.717, 1.165) is 31.5 Å². The van der Waals surface area contributed by atoms with Crippen LogP contribution in [0.2, 0.25) is 0 Å². The molecule has 2 fully saturated rings. The number of piperazine rings is 1. The third-order valence-electron chi connectivity index (χ3n) is 4.75. The van der Waals surface area contributed by atoms with Crippen molar-refractivity contribution in [1.82, 2.24) is 14.5 Å². The maximum absolute atomic E-state index is 12.7. The van der Waals surface area contributed by atoms with Crippen molar-refractivity contribution in [2.45, 2.75) is 18.6 Å². The van der Waals surface area contributed by atoms with Gasteiger partial charge in [0.1, 0.15) is 0 Å². The fourth-order valence-electron chi connectivity index (χ4n) is 3.42. The number of carbonyl (C=O) groups is 1. The van der Waals surface area contributed by atoms with E-state index in [1.807, 2.05) is 35.2 Å². The summed E-state index contributed by atoms with van der Waals surface area (Å²) in [5.41, 5.74) is 0.785. The summed E-state index contributed by atoms with van der Waals surface area (Å²) in [6, 6.07) is 9.21. The summed E-state index contributed by atoms with van der Waals surface area (Å²) in [6.45, 7) is 3.89. The molecule has 7 heteroatoms. The van der Waals surface area contributed by atoms with Crippen molar-refractivity contribution in [2.24, 2.45) is 5.92 Å². The number of amides is 1. The Labute approximate surface area is 143 Å². The van der Waals surface area contributed by atoms with E-state index >= 15 is 0 Å². The van der Waals surface area contributed by atoms with Gasteiger partial charge in [0.05, 0.1) is 11.7 Å². The number of carbonyl (C=O) groups excluding carboxylic acids is 1. The summed E-state index contributed by atoms with van der Waals surface area (Å²) in [5.74, 6) is -0.0962. The van der Waals surface area contributed by atoms with Crippen LogP contribution in [-0.2, 0) is 20.6 Å². The zero-order chi connectivity index (χ0) is 17.0. The number of rotatable bonds is 4. The number of piperidine rings is 1. The first-order chi connectivity index (χ1) is 11.6. The molecule has 1 atom stereocenters. The highest BCUT2D eigenvalue weighted by atomic mass is 32.2. The minimum atomic E-state index is -3.38. The van der Waals surface area contributed by atoms with Gasteiger partial charge in [0.2, 0.25) is 15.9 Å². The fourth-order valence-corrected chi connectivity index (χ4v) is 5.03. The normalized spacial score (nSPS) is 23.2. The van der Waals surface area contributed by atoms with Gasteiger partial charge in [-0.15, -0.1) is 0 Å². The van der Waals surface area contributed by atoms with E-state index in [-0.39, 0.29) is 17.6 Å². The van der Waals surface area contributed by atoms with Gasteiger partial charge in [-0.3, -0.25) is 4.79 Å². The Bertz CT molecular complexity index is 657. The van der Waals surface area contributed by atoms with E-state index in [0.29, 0.717) is 26.2 Å². The lowest BCUT2D eigenvalue weighted by molar-refractivity contribution is -0.137. The molecule has 0 aliphatic carbocycles. The summed E-state index contributed by atoms with van der Waals surface area (Å²) >= 11 is 0. The molecule has 0 spiro atoms. The average molecular weight is 351 g/mol. The molecule has 3 rings (SSSR count). The molecule has 1 aromatic rings. The molecular formula is C17H25N3O3S. The second kappa shape index (κ2) is 7.63. The van der Waals surface area contributed by atoms with Crippen LogP contribution in [0, 0.1) is 5.92 Å². The van der Waals surface area contributed by atoms with Crippen molar-refractivity contribution in [3.63, 3.8) is 0 Å². The predicted molar refractivity (Wildman–Crippen MR) is 92.8 cm³/mol. The minimum Gasteiger partial charge on any atom is -0.340 e. The van der Waals surface area contributed by atoms with E-state index in [2.05, 4.69) is 5.32 Å². The zero-order valence-corrected chi connectivity index (χ0v) is 14.7. The first-order valence-corrected chi connectivity index (χ1v) is 10.2. The molecule has 2 saturated heterocycles. The molecule has 1 aromatic carbocycles. The third-order valence-corrected chi connectivity index (χ3v) is 6.56. The van der Waals surface area contributed by atoms with Crippen molar-refractivity contribution >= 4 is 15.9 Å². The van der Waals surface area contributed by atoms with Crippen molar-refractivity contribution < 1.29 is 13.2 Å². The van der Waals surface area contributed by atoms with Crippen LogP contribution in [0.3, 0.4) is 0 Å². The minimum absolute atomic E-state index is 0.00237. The molecule has 0 saturated carbocycles. The molecule has 0 radical (unpaired) electrons. The van der Waals surface area contributed by atoms with Crippen molar-refractivity contribution in [1.29, 1.82) is 0 Å². The molecule has 132 valence electrons. The highest BCUT2D eigenvalue weighted by molar-refractivity contribution is 7.88. The standard InChI is InChI=1S/C17H25N3O3S/c21-17(19-11-8-18-9-12-19)16-7-4-10-20(13-16)24(22,23)14-15-5-2-1-3-6-15/h1-3,5-6,16,18H,4,7-14H2. The molecule has 1 unspecified atom stereocenters. The lowest BCUT2D eigenvalue weighted by Crippen LogP contribution is -2.52. The largest absolute Gasteiger partial charge is 0.340 e. The summed E-state index contributed by atoms with van der Waals surface area (Å²) in [4.78, 5) is 14.5. The first-order valence-electron chi connectivity index (χ1n) is 8.57. The number of hydrogen-bond donors (Lipinski definition) is 1. The molecular weight excluding hydrogens is 326 g/mol. The molecule has 24 heavy (non-hydrogen) atoms. The van der Waals surface area contributed by atoms with Gasteiger partial charge in [-0.25, -0.2) is 12.7 Å². The van der Waals surface area contributed by atoms with Crippen LogP contribution in [0.15, 0.2) is 30.3 Å².